The van der Waals surface area contributed by atoms with Crippen LogP contribution >= 0.6 is 0 Å². The summed E-state index contributed by atoms with van der Waals surface area (Å²) in [6.45, 7) is 0. The first-order chi connectivity index (χ1) is 7.24. The van der Waals surface area contributed by atoms with E-state index < -0.39 is 0 Å². The van der Waals surface area contributed by atoms with Crippen LogP contribution in [-0.2, 0) is 0 Å². The fraction of sp³-hybridized carbons (Fsp3) is 0. The normalized spacial score (nSPS) is 10.2. The summed E-state index contributed by atoms with van der Waals surface area (Å²) in [4.78, 5) is 11.4. The monoisotopic (exact) mass is 202 g/mol. The Morgan fingerprint density at radius 2 is 2.00 bits per heavy atom. The topological polar surface area (TPSA) is 90.9 Å². The van der Waals surface area contributed by atoms with Gasteiger partial charge in [-0.25, -0.2) is 0 Å². The fourth-order valence-electron chi connectivity index (χ4n) is 0.896. The zero-order chi connectivity index (χ0) is 11.1. The average molecular weight is 202 g/mol. The van der Waals surface area contributed by atoms with Gasteiger partial charge in [0, 0.05) is 5.56 Å². The summed E-state index contributed by atoms with van der Waals surface area (Å²) in [6, 6.07) is 10.4. The molecule has 0 aliphatic heterocycles. The molecule has 5 nitrogen and oxygen atoms in total. The van der Waals surface area contributed by atoms with E-state index in [-0.39, 0.29) is 11.7 Å². The zero-order valence-electron chi connectivity index (χ0n) is 7.90. The van der Waals surface area contributed by atoms with Gasteiger partial charge in [0.2, 0.25) is 0 Å². The Morgan fingerprint density at radius 1 is 1.33 bits per heavy atom. The maximum Gasteiger partial charge on any atom is 0.269 e. The Morgan fingerprint density at radius 3 is 2.60 bits per heavy atom. The Balaban J connectivity index is 2.52. The van der Waals surface area contributed by atoms with Gasteiger partial charge in [-0.15, -0.1) is 0 Å². The second-order valence-electron chi connectivity index (χ2n) is 2.67. The van der Waals surface area contributed by atoms with Gasteiger partial charge in [0.1, 0.15) is 5.82 Å². The SMILES string of the molecule is N#CC=C(N)NNC(=O)c1ccccc1. The number of hydrazine groups is 1. The molecule has 0 fully saturated rings. The first-order valence-corrected chi connectivity index (χ1v) is 4.20. The van der Waals surface area contributed by atoms with Crippen molar-refractivity contribution in [1.82, 2.24) is 10.9 Å². The number of nitrogens with one attached hydrogen (secondary N) is 2. The zero-order valence-corrected chi connectivity index (χ0v) is 7.90. The van der Waals surface area contributed by atoms with Crippen LogP contribution in [0.15, 0.2) is 42.2 Å². The van der Waals surface area contributed by atoms with Crippen LogP contribution in [0.5, 0.6) is 0 Å². The summed E-state index contributed by atoms with van der Waals surface area (Å²) in [7, 11) is 0. The van der Waals surface area contributed by atoms with Gasteiger partial charge in [-0.3, -0.25) is 15.6 Å². The number of hydrogen-bond donors (Lipinski definition) is 3. The molecule has 1 aromatic rings. The van der Waals surface area contributed by atoms with Crippen LogP contribution < -0.4 is 16.6 Å². The van der Waals surface area contributed by atoms with Crippen molar-refractivity contribution >= 4 is 5.91 Å². The standard InChI is InChI=1S/C10H10N4O/c11-7-6-9(12)13-14-10(15)8-4-2-1-3-5-8/h1-6,13H,12H2,(H,14,15). The molecule has 0 aromatic heterocycles. The van der Waals surface area contributed by atoms with Crippen LogP contribution in [0.4, 0.5) is 0 Å². The number of hydrogen-bond acceptors (Lipinski definition) is 4. The molecule has 5 heteroatoms. The number of amides is 1. The van der Waals surface area contributed by atoms with Crippen LogP contribution in [0, 0.1) is 11.3 Å². The van der Waals surface area contributed by atoms with Crippen molar-refractivity contribution in [3.63, 3.8) is 0 Å². The molecule has 0 aliphatic carbocycles. The smallest absolute Gasteiger partial charge is 0.269 e. The van der Waals surface area contributed by atoms with Crippen molar-refractivity contribution in [3.05, 3.63) is 47.8 Å². The van der Waals surface area contributed by atoms with Crippen molar-refractivity contribution in [2.24, 2.45) is 5.73 Å². The number of nitrogens with two attached hydrogens (primary N) is 1. The van der Waals surface area contributed by atoms with Crippen LogP contribution in [0.1, 0.15) is 10.4 Å². The minimum atomic E-state index is -0.315. The van der Waals surface area contributed by atoms with Gasteiger partial charge < -0.3 is 5.73 Å². The predicted octanol–water partition coefficient (Wildman–Crippen LogP) is 0.245. The lowest BCUT2D eigenvalue weighted by atomic mass is 10.2. The lowest BCUT2D eigenvalue weighted by Crippen LogP contribution is -2.39. The molecule has 4 N–H and O–H groups in total. The van der Waals surface area contributed by atoms with Crippen molar-refractivity contribution in [3.8, 4) is 6.07 Å². The third-order valence-corrected chi connectivity index (χ3v) is 1.58. The second kappa shape index (κ2) is 5.29. The van der Waals surface area contributed by atoms with Crippen LogP contribution in [0.3, 0.4) is 0 Å². The van der Waals surface area contributed by atoms with E-state index in [1.165, 1.54) is 0 Å². The van der Waals surface area contributed by atoms with Gasteiger partial charge in [-0.2, -0.15) is 5.26 Å². The van der Waals surface area contributed by atoms with E-state index in [0.717, 1.165) is 6.08 Å². The molecule has 1 aromatic carbocycles. The van der Waals surface area contributed by atoms with Gasteiger partial charge >= 0.3 is 0 Å². The van der Waals surface area contributed by atoms with E-state index in [4.69, 9.17) is 11.0 Å². The molecule has 0 spiro atoms. The number of nitriles is 1. The molecule has 0 saturated heterocycles. The molecule has 0 saturated carbocycles. The second-order valence-corrected chi connectivity index (χ2v) is 2.67. The molecule has 0 radical (unpaired) electrons. The molecule has 0 heterocycles. The number of allylic oxidation sites excluding steroid dienone is 1. The lowest BCUT2D eigenvalue weighted by Gasteiger charge is -2.06. The number of nitrogens with zero attached hydrogens (tertiary/aromatic N) is 1. The number of benzene rings is 1. The molecule has 0 unspecified atom stereocenters. The minimum Gasteiger partial charge on any atom is -0.384 e. The Hall–Kier alpha value is -2.48. The van der Waals surface area contributed by atoms with E-state index in [1.807, 2.05) is 6.07 Å². The number of carbonyl (C=O) groups excluding carboxylic acids is 1. The molecule has 0 atom stereocenters. The van der Waals surface area contributed by atoms with Crippen LogP contribution in [0.25, 0.3) is 0 Å². The van der Waals surface area contributed by atoms with Gasteiger partial charge in [-0.1, -0.05) is 18.2 Å². The van der Waals surface area contributed by atoms with Crippen molar-refractivity contribution in [1.29, 1.82) is 5.26 Å². The molecule has 1 rings (SSSR count). The molecule has 15 heavy (non-hydrogen) atoms. The molecule has 76 valence electrons. The van der Waals surface area contributed by atoms with Gasteiger partial charge in [0.25, 0.3) is 5.91 Å². The Bertz CT molecular complexity index is 405. The highest BCUT2D eigenvalue weighted by molar-refractivity contribution is 5.93. The first kappa shape index (κ1) is 10.6. The highest BCUT2D eigenvalue weighted by atomic mass is 16.2. The van der Waals surface area contributed by atoms with Gasteiger partial charge in [-0.05, 0) is 12.1 Å². The maximum atomic E-state index is 11.4. The highest BCUT2D eigenvalue weighted by Gasteiger charge is 2.02. The largest absolute Gasteiger partial charge is 0.384 e. The number of rotatable bonds is 3. The summed E-state index contributed by atoms with van der Waals surface area (Å²) in [5.41, 5.74) is 10.6. The summed E-state index contributed by atoms with van der Waals surface area (Å²) < 4.78 is 0. The van der Waals surface area contributed by atoms with Crippen molar-refractivity contribution in [2.45, 2.75) is 0 Å². The molecule has 0 aliphatic rings. The summed E-state index contributed by atoms with van der Waals surface area (Å²) >= 11 is 0. The number of carbonyl (C=O) groups is 1. The molecular formula is C10H10N4O. The summed E-state index contributed by atoms with van der Waals surface area (Å²) in [5, 5.41) is 8.26. The van der Waals surface area contributed by atoms with E-state index in [2.05, 4.69) is 10.9 Å². The van der Waals surface area contributed by atoms with Gasteiger partial charge in [0.05, 0.1) is 12.1 Å². The third-order valence-electron chi connectivity index (χ3n) is 1.58. The fourth-order valence-corrected chi connectivity index (χ4v) is 0.896. The van der Waals surface area contributed by atoms with E-state index >= 15 is 0 Å². The maximum absolute atomic E-state index is 11.4. The molecular weight excluding hydrogens is 192 g/mol. The molecule has 1 amide bonds. The quantitative estimate of drug-likeness (QED) is 0.484. The lowest BCUT2D eigenvalue weighted by molar-refractivity contribution is 0.0938. The Kier molecular flexibility index (Phi) is 3.74. The van der Waals surface area contributed by atoms with E-state index in [1.54, 1.807) is 30.3 Å². The summed E-state index contributed by atoms with van der Waals surface area (Å²) in [5.74, 6) is -0.230. The average Bonchev–Trinajstić information content (AvgIpc) is 2.27. The van der Waals surface area contributed by atoms with Crippen molar-refractivity contribution < 1.29 is 4.79 Å². The van der Waals surface area contributed by atoms with Crippen LogP contribution in [-0.4, -0.2) is 5.91 Å². The first-order valence-electron chi connectivity index (χ1n) is 4.20. The summed E-state index contributed by atoms with van der Waals surface area (Å²) in [6.07, 6.45) is 1.09. The van der Waals surface area contributed by atoms with E-state index in [0.29, 0.717) is 5.56 Å². The van der Waals surface area contributed by atoms with Crippen LogP contribution in [0.2, 0.25) is 0 Å². The highest BCUT2D eigenvalue weighted by Crippen LogP contribution is 1.96. The minimum absolute atomic E-state index is 0.0850. The Labute approximate surface area is 87.2 Å². The van der Waals surface area contributed by atoms with E-state index in [9.17, 15) is 4.79 Å². The third kappa shape index (κ3) is 3.40. The molecule has 0 bridgehead atoms. The van der Waals surface area contributed by atoms with Gasteiger partial charge in [0.15, 0.2) is 0 Å². The van der Waals surface area contributed by atoms with Crippen molar-refractivity contribution in [2.75, 3.05) is 0 Å². The predicted molar refractivity (Wildman–Crippen MR) is 54.9 cm³/mol.